The maximum Gasteiger partial charge on any atom is 0.305 e. The number of unbranched alkanes of at least 4 members (excludes halogenated alkanes) is 29. The Morgan fingerprint density at radius 1 is 0.537 bits per heavy atom. The van der Waals surface area contributed by atoms with Gasteiger partial charge in [-0.05, 0) is 83.5 Å². The van der Waals surface area contributed by atoms with Crippen LogP contribution in [-0.4, -0.2) is 100 Å². The van der Waals surface area contributed by atoms with Crippen molar-refractivity contribution in [3.05, 3.63) is 36.5 Å². The molecule has 0 aliphatic carbocycles. The van der Waals surface area contributed by atoms with E-state index in [2.05, 4.69) is 43.5 Å². The molecule has 0 radical (unpaired) electrons. The SMILES string of the molecule is CCCCCCCC/C=C\CCCCCCCC(=O)OCCCCCC/C=C\CCCCCCCCCC(=O)NC(COC1OC(CO)C(O)C(O)C1O)C(O)/C=C/CCCCCCCCC. The van der Waals surface area contributed by atoms with Crippen LogP contribution >= 0.6 is 0 Å². The van der Waals surface area contributed by atoms with Gasteiger partial charge in [0.1, 0.15) is 24.4 Å². The summed E-state index contributed by atoms with van der Waals surface area (Å²) in [7, 11) is 0. The molecule has 0 aromatic heterocycles. The van der Waals surface area contributed by atoms with Gasteiger partial charge in [0.15, 0.2) is 6.29 Å². The first-order chi connectivity index (χ1) is 32.7. The van der Waals surface area contributed by atoms with E-state index in [0.717, 1.165) is 89.9 Å². The van der Waals surface area contributed by atoms with Gasteiger partial charge in [0, 0.05) is 12.8 Å². The van der Waals surface area contributed by atoms with Crippen LogP contribution in [0.5, 0.6) is 0 Å². The van der Waals surface area contributed by atoms with Crippen molar-refractivity contribution >= 4 is 11.9 Å². The van der Waals surface area contributed by atoms with Gasteiger partial charge < -0.3 is 45.1 Å². The largest absolute Gasteiger partial charge is 0.466 e. The zero-order chi connectivity index (χ0) is 48.8. The summed E-state index contributed by atoms with van der Waals surface area (Å²) in [4.78, 5) is 25.0. The smallest absolute Gasteiger partial charge is 0.305 e. The molecule has 1 heterocycles. The Labute approximate surface area is 409 Å². The summed E-state index contributed by atoms with van der Waals surface area (Å²) < 4.78 is 16.6. The quantitative estimate of drug-likeness (QED) is 0.0196. The van der Waals surface area contributed by atoms with Crippen LogP contribution in [0.3, 0.4) is 0 Å². The second-order valence-corrected chi connectivity index (χ2v) is 19.3. The average molecular weight is 950 g/mol. The highest BCUT2D eigenvalue weighted by Crippen LogP contribution is 2.23. The van der Waals surface area contributed by atoms with Crippen LogP contribution in [0.25, 0.3) is 0 Å². The number of allylic oxidation sites excluding steroid dienone is 5. The molecule has 0 aromatic carbocycles. The second-order valence-electron chi connectivity index (χ2n) is 19.3. The number of aliphatic hydroxyl groups excluding tert-OH is 5. The fourth-order valence-electron chi connectivity index (χ4n) is 8.48. The first kappa shape index (κ1) is 62.9. The van der Waals surface area contributed by atoms with Crippen LogP contribution in [0.1, 0.15) is 245 Å². The summed E-state index contributed by atoms with van der Waals surface area (Å²) in [6, 6.07) is -0.820. The third kappa shape index (κ3) is 36.5. The van der Waals surface area contributed by atoms with Crippen LogP contribution in [0.2, 0.25) is 0 Å². The Bertz CT molecular complexity index is 1210. The summed E-state index contributed by atoms with van der Waals surface area (Å²) in [6.07, 6.45) is 45.2. The number of rotatable bonds is 47. The molecule has 1 aliphatic rings. The number of hydrogen-bond donors (Lipinski definition) is 6. The lowest BCUT2D eigenvalue weighted by molar-refractivity contribution is -0.302. The average Bonchev–Trinajstić information content (AvgIpc) is 3.32. The molecule has 0 bridgehead atoms. The lowest BCUT2D eigenvalue weighted by Crippen LogP contribution is -2.60. The molecule has 1 aliphatic heterocycles. The van der Waals surface area contributed by atoms with Crippen molar-refractivity contribution in [1.82, 2.24) is 5.32 Å². The number of carbonyl (C=O) groups is 2. The van der Waals surface area contributed by atoms with Crippen LogP contribution in [-0.2, 0) is 23.8 Å². The highest BCUT2D eigenvalue weighted by molar-refractivity contribution is 5.76. The number of esters is 1. The Morgan fingerprint density at radius 3 is 1.43 bits per heavy atom. The first-order valence-corrected chi connectivity index (χ1v) is 27.8. The van der Waals surface area contributed by atoms with Gasteiger partial charge in [-0.15, -0.1) is 0 Å². The molecule has 6 N–H and O–H groups in total. The molecule has 7 atom stereocenters. The zero-order valence-corrected chi connectivity index (χ0v) is 42.9. The molecular formula is C56H103NO10. The molecule has 392 valence electrons. The molecule has 0 aromatic rings. The highest BCUT2D eigenvalue weighted by Gasteiger charge is 2.44. The predicted octanol–water partition coefficient (Wildman–Crippen LogP) is 11.9. The molecule has 67 heavy (non-hydrogen) atoms. The Balaban J connectivity index is 2.09. The molecule has 11 nitrogen and oxygen atoms in total. The van der Waals surface area contributed by atoms with E-state index in [1.165, 1.54) is 128 Å². The maximum absolute atomic E-state index is 13.0. The third-order valence-corrected chi connectivity index (χ3v) is 13.0. The van der Waals surface area contributed by atoms with Crippen LogP contribution in [0.15, 0.2) is 36.5 Å². The molecule has 0 saturated carbocycles. The lowest BCUT2D eigenvalue weighted by Gasteiger charge is -2.40. The van der Waals surface area contributed by atoms with E-state index in [4.69, 9.17) is 14.2 Å². The molecule has 0 spiro atoms. The van der Waals surface area contributed by atoms with E-state index < -0.39 is 49.5 Å². The molecule has 7 unspecified atom stereocenters. The Kier molecular flexibility index (Phi) is 43.4. The normalized spacial score (nSPS) is 19.8. The summed E-state index contributed by atoms with van der Waals surface area (Å²) in [6.45, 7) is 4.25. The minimum absolute atomic E-state index is 0.0379. The van der Waals surface area contributed by atoms with Crippen LogP contribution < -0.4 is 5.32 Å². The third-order valence-electron chi connectivity index (χ3n) is 13.0. The Hall–Kier alpha value is -2.12. The lowest BCUT2D eigenvalue weighted by atomic mass is 9.99. The fourth-order valence-corrected chi connectivity index (χ4v) is 8.48. The van der Waals surface area contributed by atoms with E-state index in [-0.39, 0.29) is 18.5 Å². The number of carbonyl (C=O) groups excluding carboxylic acids is 2. The summed E-state index contributed by atoms with van der Waals surface area (Å²) in [5.41, 5.74) is 0. The summed E-state index contributed by atoms with van der Waals surface area (Å²) in [5.74, 6) is -0.238. The molecule has 1 amide bonds. The molecular weight excluding hydrogens is 847 g/mol. The minimum atomic E-state index is -1.58. The Morgan fingerprint density at radius 2 is 0.955 bits per heavy atom. The molecule has 1 rings (SSSR count). The number of hydrogen-bond acceptors (Lipinski definition) is 10. The first-order valence-electron chi connectivity index (χ1n) is 27.8. The number of ether oxygens (including phenoxy) is 3. The van der Waals surface area contributed by atoms with E-state index in [1.807, 2.05) is 6.08 Å². The van der Waals surface area contributed by atoms with E-state index in [1.54, 1.807) is 6.08 Å². The molecule has 11 heteroatoms. The standard InChI is InChI=1S/C56H103NO10/c1-3-5-7-9-11-13-14-15-17-21-24-28-32-36-40-44-52(61)65-45-41-37-33-29-25-22-19-16-18-20-23-27-31-35-39-43-51(60)57-48(49(59)42-38-34-30-26-12-10-8-6-4-2)47-66-56-55(64)54(63)53(62)50(46-58)67-56/h15,17,19,22,38,42,48-50,53-56,58-59,62-64H,3-14,16,18,20-21,23-37,39-41,43-47H2,1-2H3,(H,57,60)/b17-15-,22-19-,42-38+. The zero-order valence-electron chi connectivity index (χ0n) is 42.9. The van der Waals surface area contributed by atoms with Gasteiger partial charge >= 0.3 is 5.97 Å². The van der Waals surface area contributed by atoms with Crippen molar-refractivity contribution in [3.63, 3.8) is 0 Å². The van der Waals surface area contributed by atoms with Gasteiger partial charge in [0.25, 0.3) is 0 Å². The van der Waals surface area contributed by atoms with E-state index in [0.29, 0.717) is 19.4 Å². The number of nitrogens with one attached hydrogen (secondary N) is 1. The van der Waals surface area contributed by atoms with E-state index in [9.17, 15) is 35.1 Å². The van der Waals surface area contributed by atoms with Gasteiger partial charge in [0.2, 0.25) is 5.91 Å². The van der Waals surface area contributed by atoms with Crippen molar-refractivity contribution in [2.45, 2.75) is 288 Å². The van der Waals surface area contributed by atoms with Gasteiger partial charge in [-0.25, -0.2) is 0 Å². The van der Waals surface area contributed by atoms with Crippen molar-refractivity contribution in [3.8, 4) is 0 Å². The van der Waals surface area contributed by atoms with Gasteiger partial charge in [0.05, 0.1) is 32.0 Å². The van der Waals surface area contributed by atoms with Crippen LogP contribution in [0, 0.1) is 0 Å². The van der Waals surface area contributed by atoms with Crippen molar-refractivity contribution in [2.24, 2.45) is 0 Å². The van der Waals surface area contributed by atoms with Crippen molar-refractivity contribution in [1.29, 1.82) is 0 Å². The van der Waals surface area contributed by atoms with Gasteiger partial charge in [-0.1, -0.05) is 185 Å². The number of amides is 1. The van der Waals surface area contributed by atoms with E-state index >= 15 is 0 Å². The van der Waals surface area contributed by atoms with Crippen molar-refractivity contribution < 1.29 is 49.3 Å². The summed E-state index contributed by atoms with van der Waals surface area (Å²) in [5, 5.41) is 54.1. The minimum Gasteiger partial charge on any atom is -0.466 e. The fraction of sp³-hybridized carbons (Fsp3) is 0.857. The van der Waals surface area contributed by atoms with Gasteiger partial charge in [-0.2, -0.15) is 0 Å². The van der Waals surface area contributed by atoms with Crippen molar-refractivity contribution in [2.75, 3.05) is 19.8 Å². The predicted molar refractivity (Wildman–Crippen MR) is 274 cm³/mol. The molecule has 1 saturated heterocycles. The van der Waals surface area contributed by atoms with Crippen LogP contribution in [0.4, 0.5) is 0 Å². The summed E-state index contributed by atoms with van der Waals surface area (Å²) >= 11 is 0. The topological polar surface area (TPSA) is 175 Å². The van der Waals surface area contributed by atoms with Gasteiger partial charge in [-0.3, -0.25) is 9.59 Å². The highest BCUT2D eigenvalue weighted by atomic mass is 16.7. The second kappa shape index (κ2) is 46.3. The number of aliphatic hydroxyl groups is 5. The maximum atomic E-state index is 13.0. The molecule has 1 fully saturated rings. The monoisotopic (exact) mass is 950 g/mol.